The van der Waals surface area contributed by atoms with E-state index in [1.807, 2.05) is 10.6 Å². The van der Waals surface area contributed by atoms with E-state index in [4.69, 9.17) is 9.47 Å². The highest BCUT2D eigenvalue weighted by molar-refractivity contribution is 5.87. The van der Waals surface area contributed by atoms with Gasteiger partial charge in [0.25, 0.3) is 0 Å². The van der Waals surface area contributed by atoms with Gasteiger partial charge in [0.05, 0.1) is 29.5 Å². The van der Waals surface area contributed by atoms with Crippen molar-refractivity contribution in [3.63, 3.8) is 0 Å². The Hall–Kier alpha value is -3.66. The van der Waals surface area contributed by atoms with Gasteiger partial charge >= 0.3 is 0 Å². The Kier molecular flexibility index (Phi) is 5.14. The highest BCUT2D eigenvalue weighted by Gasteiger charge is 2.26. The van der Waals surface area contributed by atoms with E-state index in [-0.39, 0.29) is 11.3 Å². The van der Waals surface area contributed by atoms with Crippen molar-refractivity contribution in [2.24, 2.45) is 0 Å². The molecule has 0 amide bonds. The van der Waals surface area contributed by atoms with Gasteiger partial charge in [0.2, 0.25) is 11.8 Å². The first-order valence-corrected chi connectivity index (χ1v) is 9.93. The molecular formula is C22H18F3N5O2. The molecule has 4 aromatic rings. The molecule has 0 atom stereocenters. The third-order valence-electron chi connectivity index (χ3n) is 5.18. The topological polar surface area (TPSA) is 74.1 Å². The van der Waals surface area contributed by atoms with Gasteiger partial charge in [0.15, 0.2) is 11.6 Å². The van der Waals surface area contributed by atoms with Crippen LogP contribution in [0.3, 0.4) is 0 Å². The summed E-state index contributed by atoms with van der Waals surface area (Å²) in [6, 6.07) is 6.74. The average molecular weight is 441 g/mol. The molecule has 0 saturated carbocycles. The molecule has 2 aromatic heterocycles. The molecule has 3 heterocycles. The first-order chi connectivity index (χ1) is 15.5. The van der Waals surface area contributed by atoms with Gasteiger partial charge < -0.3 is 19.4 Å². The van der Waals surface area contributed by atoms with Gasteiger partial charge in [-0.25, -0.2) is 28.1 Å². The summed E-state index contributed by atoms with van der Waals surface area (Å²) in [5.74, 6) is -2.41. The summed E-state index contributed by atoms with van der Waals surface area (Å²) in [4.78, 5) is 13.3. The minimum atomic E-state index is -1.25. The zero-order valence-corrected chi connectivity index (χ0v) is 17.0. The summed E-state index contributed by atoms with van der Waals surface area (Å²) in [5.41, 5.74) is 2.56. The van der Waals surface area contributed by atoms with E-state index >= 15 is 0 Å². The van der Waals surface area contributed by atoms with Gasteiger partial charge in [-0.15, -0.1) is 0 Å². The number of nitrogens with zero attached hydrogens (tertiary/aromatic N) is 4. The number of aromatic nitrogens is 4. The van der Waals surface area contributed by atoms with E-state index in [1.165, 1.54) is 6.20 Å². The van der Waals surface area contributed by atoms with Crippen LogP contribution in [-0.4, -0.2) is 46.4 Å². The number of benzene rings is 2. The maximum absolute atomic E-state index is 14.6. The Labute approximate surface area is 180 Å². The van der Waals surface area contributed by atoms with Crippen LogP contribution in [0.15, 0.2) is 36.5 Å². The van der Waals surface area contributed by atoms with Gasteiger partial charge in [0.1, 0.15) is 18.1 Å². The lowest BCUT2D eigenvalue weighted by molar-refractivity contribution is 0.143. The molecular weight excluding hydrogens is 423 g/mol. The second kappa shape index (κ2) is 8.12. The SMILES string of the molecule is COCCOc1cnc2ccc(-c3c(-c4cc(F)c(F)cc4F)nc4n3CCN4)cc2n1. The Balaban J connectivity index is 1.64. The summed E-state index contributed by atoms with van der Waals surface area (Å²) < 4.78 is 54.4. The van der Waals surface area contributed by atoms with Crippen LogP contribution in [0.1, 0.15) is 0 Å². The number of imidazole rings is 1. The quantitative estimate of drug-likeness (QED) is 0.360. The van der Waals surface area contributed by atoms with Gasteiger partial charge in [-0.1, -0.05) is 6.07 Å². The fraction of sp³-hybridized carbons (Fsp3) is 0.227. The van der Waals surface area contributed by atoms with Crippen LogP contribution in [0.25, 0.3) is 33.5 Å². The third kappa shape index (κ3) is 3.52. The van der Waals surface area contributed by atoms with E-state index in [2.05, 4.69) is 20.3 Å². The molecule has 0 spiro atoms. The molecule has 0 unspecified atom stereocenters. The fourth-order valence-electron chi connectivity index (χ4n) is 3.71. The zero-order valence-electron chi connectivity index (χ0n) is 17.0. The molecule has 5 rings (SSSR count). The third-order valence-corrected chi connectivity index (χ3v) is 5.18. The summed E-state index contributed by atoms with van der Waals surface area (Å²) in [7, 11) is 1.58. The Morgan fingerprint density at radius 2 is 1.84 bits per heavy atom. The molecule has 0 saturated heterocycles. The number of hydrogen-bond acceptors (Lipinski definition) is 6. The Bertz CT molecular complexity index is 1320. The number of methoxy groups -OCH3 is 1. The number of ether oxygens (including phenoxy) is 2. The zero-order chi connectivity index (χ0) is 22.2. The highest BCUT2D eigenvalue weighted by Crippen LogP contribution is 2.38. The van der Waals surface area contributed by atoms with Gasteiger partial charge in [-0.3, -0.25) is 0 Å². The number of halogens is 3. The molecule has 1 N–H and O–H groups in total. The van der Waals surface area contributed by atoms with Gasteiger partial charge in [-0.2, -0.15) is 0 Å². The van der Waals surface area contributed by atoms with Crippen molar-refractivity contribution in [3.8, 4) is 28.4 Å². The fourth-order valence-corrected chi connectivity index (χ4v) is 3.71. The van der Waals surface area contributed by atoms with Gasteiger partial charge in [0, 0.05) is 37.4 Å². The normalized spacial score (nSPS) is 12.8. The molecule has 164 valence electrons. The van der Waals surface area contributed by atoms with Crippen molar-refractivity contribution >= 4 is 17.0 Å². The van der Waals surface area contributed by atoms with Crippen LogP contribution in [0.4, 0.5) is 19.1 Å². The predicted octanol–water partition coefficient (Wildman–Crippen LogP) is 4.03. The first-order valence-electron chi connectivity index (χ1n) is 9.93. The number of anilines is 1. The van der Waals surface area contributed by atoms with Crippen LogP contribution in [0.5, 0.6) is 5.88 Å². The molecule has 0 fully saturated rings. The number of hydrogen-bond donors (Lipinski definition) is 1. The van der Waals surface area contributed by atoms with Crippen molar-refractivity contribution in [2.45, 2.75) is 6.54 Å². The lowest BCUT2D eigenvalue weighted by Crippen LogP contribution is -2.05. The summed E-state index contributed by atoms with van der Waals surface area (Å²) in [6.07, 6.45) is 1.53. The van der Waals surface area contributed by atoms with E-state index in [0.717, 1.165) is 6.07 Å². The van der Waals surface area contributed by atoms with Crippen LogP contribution in [0, 0.1) is 17.5 Å². The summed E-state index contributed by atoms with van der Waals surface area (Å²) in [6.45, 7) is 1.99. The molecule has 1 aliphatic rings. The second-order valence-corrected chi connectivity index (χ2v) is 7.21. The van der Waals surface area contributed by atoms with Gasteiger partial charge in [-0.05, 0) is 18.2 Å². The van der Waals surface area contributed by atoms with Crippen molar-refractivity contribution in [3.05, 3.63) is 54.0 Å². The van der Waals surface area contributed by atoms with Crippen LogP contribution in [-0.2, 0) is 11.3 Å². The lowest BCUT2D eigenvalue weighted by atomic mass is 10.0. The largest absolute Gasteiger partial charge is 0.474 e. The maximum atomic E-state index is 14.6. The smallest absolute Gasteiger partial charge is 0.232 e. The van der Waals surface area contributed by atoms with E-state index in [9.17, 15) is 13.2 Å². The van der Waals surface area contributed by atoms with E-state index < -0.39 is 17.5 Å². The minimum Gasteiger partial charge on any atom is -0.474 e. The Morgan fingerprint density at radius 1 is 1.00 bits per heavy atom. The van der Waals surface area contributed by atoms with Crippen molar-refractivity contribution in [2.75, 3.05) is 32.2 Å². The summed E-state index contributed by atoms with van der Waals surface area (Å²) in [5, 5.41) is 3.12. The molecule has 1 aliphatic heterocycles. The number of nitrogens with one attached hydrogen (secondary N) is 1. The summed E-state index contributed by atoms with van der Waals surface area (Å²) >= 11 is 0. The number of fused-ring (bicyclic) bond motifs is 2. The second-order valence-electron chi connectivity index (χ2n) is 7.21. The average Bonchev–Trinajstić information content (AvgIpc) is 3.37. The molecule has 2 aromatic carbocycles. The monoisotopic (exact) mass is 441 g/mol. The molecule has 0 radical (unpaired) electrons. The maximum Gasteiger partial charge on any atom is 0.232 e. The van der Waals surface area contributed by atoms with Crippen molar-refractivity contribution in [1.82, 2.24) is 19.5 Å². The minimum absolute atomic E-state index is 0.120. The molecule has 0 aliphatic carbocycles. The van der Waals surface area contributed by atoms with Crippen molar-refractivity contribution in [1.29, 1.82) is 0 Å². The van der Waals surface area contributed by atoms with Crippen LogP contribution in [0.2, 0.25) is 0 Å². The molecule has 32 heavy (non-hydrogen) atoms. The van der Waals surface area contributed by atoms with Crippen LogP contribution >= 0.6 is 0 Å². The Morgan fingerprint density at radius 3 is 2.69 bits per heavy atom. The lowest BCUT2D eigenvalue weighted by Gasteiger charge is -2.10. The molecule has 10 heteroatoms. The van der Waals surface area contributed by atoms with Crippen molar-refractivity contribution < 1.29 is 22.6 Å². The van der Waals surface area contributed by atoms with Crippen LogP contribution < -0.4 is 10.1 Å². The number of rotatable bonds is 6. The highest BCUT2D eigenvalue weighted by atomic mass is 19.2. The van der Waals surface area contributed by atoms with E-state index in [0.29, 0.717) is 66.5 Å². The first kappa shape index (κ1) is 20.3. The van der Waals surface area contributed by atoms with E-state index in [1.54, 1.807) is 19.2 Å². The standard InChI is InChI=1S/C22H18F3N5O2/c1-31-6-7-32-19-11-27-17-3-2-12(8-18(17)28-19)21-20(29-22-26-4-5-30(21)22)13-9-15(24)16(25)10-14(13)23/h2-3,8-11H,4-7H2,1H3,(H,26,29). The molecule has 0 bridgehead atoms. The predicted molar refractivity (Wildman–Crippen MR) is 112 cm³/mol. The molecule has 7 nitrogen and oxygen atoms in total.